The first-order valence-electron chi connectivity index (χ1n) is 13.4. The molecule has 2 heterocycles. The number of aliphatic hydroxyl groups is 1. The molecule has 0 saturated carbocycles. The third kappa shape index (κ3) is 7.56. The van der Waals surface area contributed by atoms with Crippen LogP contribution in [0.4, 0.5) is 4.79 Å². The number of fused-ring (bicyclic) bond motifs is 1. The number of nitrogens with zero attached hydrogens (tertiary/aromatic N) is 1. The van der Waals surface area contributed by atoms with Gasteiger partial charge in [-0.25, -0.2) is 13.2 Å². The quantitative estimate of drug-likeness (QED) is 0.359. The minimum Gasteiger partial charge on any atom is -0.443 e. The molecule has 5 atom stereocenters. The molecule has 4 rings (SSSR count). The first-order chi connectivity index (χ1) is 18.7. The third-order valence-electron chi connectivity index (χ3n) is 7.07. The van der Waals surface area contributed by atoms with Gasteiger partial charge in [0.15, 0.2) is 6.29 Å². The molecule has 5 unspecified atom stereocenters. The molecule has 2 aromatic rings. The largest absolute Gasteiger partial charge is 0.443 e. The van der Waals surface area contributed by atoms with Crippen molar-refractivity contribution in [3.63, 3.8) is 0 Å². The minimum atomic E-state index is -3.92. The van der Waals surface area contributed by atoms with Crippen molar-refractivity contribution in [2.24, 2.45) is 17.6 Å². The SMILES string of the molecule is CC(C)CN(CC(O)C(Cc1ccccc1)NC(=O)OC1COC2OCCC12)S(=O)(=O)c1ccc(CN)cc1. The second-order valence-electron chi connectivity index (χ2n) is 10.5. The zero-order chi connectivity index (χ0) is 28.0. The molecule has 4 N–H and O–H groups in total. The highest BCUT2D eigenvalue weighted by Gasteiger charge is 2.44. The fourth-order valence-corrected chi connectivity index (χ4v) is 6.60. The van der Waals surface area contributed by atoms with Crippen LogP contribution in [-0.2, 0) is 37.2 Å². The van der Waals surface area contributed by atoms with Gasteiger partial charge in [-0.15, -0.1) is 0 Å². The Bertz CT molecular complexity index is 1180. The summed E-state index contributed by atoms with van der Waals surface area (Å²) in [6.07, 6.45) is -1.67. The number of benzene rings is 2. The van der Waals surface area contributed by atoms with Gasteiger partial charge in [0.1, 0.15) is 6.10 Å². The van der Waals surface area contributed by atoms with Crippen molar-refractivity contribution in [1.82, 2.24) is 9.62 Å². The second-order valence-corrected chi connectivity index (χ2v) is 12.5. The fourth-order valence-electron chi connectivity index (χ4n) is 4.98. The van der Waals surface area contributed by atoms with Gasteiger partial charge in [-0.2, -0.15) is 4.31 Å². The molecule has 2 aromatic carbocycles. The molecule has 0 aliphatic carbocycles. The number of alkyl carbamates (subject to hydrolysis) is 1. The average molecular weight is 562 g/mol. The molecule has 2 aliphatic rings. The van der Waals surface area contributed by atoms with Gasteiger partial charge in [0.05, 0.1) is 36.2 Å². The zero-order valence-electron chi connectivity index (χ0n) is 22.4. The number of amides is 1. The number of ether oxygens (including phenoxy) is 3. The van der Waals surface area contributed by atoms with Gasteiger partial charge in [-0.1, -0.05) is 56.3 Å². The highest BCUT2D eigenvalue weighted by molar-refractivity contribution is 7.89. The second kappa shape index (κ2) is 13.2. The molecule has 11 heteroatoms. The molecule has 10 nitrogen and oxygen atoms in total. The van der Waals surface area contributed by atoms with E-state index < -0.39 is 34.4 Å². The number of nitrogens with one attached hydrogen (secondary N) is 1. The lowest BCUT2D eigenvalue weighted by molar-refractivity contribution is -0.0907. The highest BCUT2D eigenvalue weighted by atomic mass is 32.2. The summed E-state index contributed by atoms with van der Waals surface area (Å²) in [5.41, 5.74) is 7.36. The number of carbonyl (C=O) groups is 1. The summed E-state index contributed by atoms with van der Waals surface area (Å²) in [5.74, 6) is -0.0182. The Morgan fingerprint density at radius 3 is 2.49 bits per heavy atom. The molecule has 214 valence electrons. The maximum Gasteiger partial charge on any atom is 0.407 e. The predicted molar refractivity (Wildman–Crippen MR) is 145 cm³/mol. The topological polar surface area (TPSA) is 140 Å². The van der Waals surface area contributed by atoms with E-state index in [1.54, 1.807) is 12.1 Å². The molecule has 0 spiro atoms. The molecule has 2 aliphatic heterocycles. The van der Waals surface area contributed by atoms with E-state index in [-0.39, 0.29) is 49.1 Å². The van der Waals surface area contributed by atoms with E-state index in [2.05, 4.69) is 5.32 Å². The standard InChI is InChI=1S/C28H39N3O7S/c1-19(2)16-31(39(34,35)22-10-8-21(15-29)9-11-22)17-25(32)24(14-20-6-4-3-5-7-20)30-28(33)38-26-18-37-27-23(26)12-13-36-27/h3-11,19,23-27,32H,12-18,29H2,1-2H3,(H,30,33). The van der Waals surface area contributed by atoms with Crippen molar-refractivity contribution in [2.75, 3.05) is 26.3 Å². The number of carbonyl (C=O) groups excluding carboxylic acids is 1. The summed E-state index contributed by atoms with van der Waals surface area (Å²) < 4.78 is 45.2. The predicted octanol–water partition coefficient (Wildman–Crippen LogP) is 2.25. The number of rotatable bonds is 12. The molecule has 2 saturated heterocycles. The Hall–Kier alpha value is -2.54. The van der Waals surface area contributed by atoms with E-state index in [9.17, 15) is 18.3 Å². The third-order valence-corrected chi connectivity index (χ3v) is 8.91. The lowest BCUT2D eigenvalue weighted by atomic mass is 10.0. The van der Waals surface area contributed by atoms with Crippen molar-refractivity contribution in [2.45, 2.75) is 62.7 Å². The molecular formula is C28H39N3O7S. The van der Waals surface area contributed by atoms with Gasteiger partial charge in [-0.3, -0.25) is 0 Å². The first-order valence-corrected chi connectivity index (χ1v) is 14.8. The Kier molecular flexibility index (Phi) is 9.97. The van der Waals surface area contributed by atoms with Crippen molar-refractivity contribution in [1.29, 1.82) is 0 Å². The highest BCUT2D eigenvalue weighted by Crippen LogP contribution is 2.33. The summed E-state index contributed by atoms with van der Waals surface area (Å²) in [6.45, 7) is 4.92. The van der Waals surface area contributed by atoms with Crippen LogP contribution in [0.3, 0.4) is 0 Å². The average Bonchev–Trinajstić information content (AvgIpc) is 3.53. The monoisotopic (exact) mass is 561 g/mol. The molecule has 0 bridgehead atoms. The molecule has 0 aromatic heterocycles. The number of hydrogen-bond acceptors (Lipinski definition) is 8. The zero-order valence-corrected chi connectivity index (χ0v) is 23.3. The molecule has 2 fully saturated rings. The van der Waals surface area contributed by atoms with E-state index >= 15 is 0 Å². The lowest BCUT2D eigenvalue weighted by Gasteiger charge is -2.31. The summed E-state index contributed by atoms with van der Waals surface area (Å²) in [6, 6.07) is 15.0. The summed E-state index contributed by atoms with van der Waals surface area (Å²) in [4.78, 5) is 13.1. The van der Waals surface area contributed by atoms with E-state index in [1.165, 1.54) is 16.4 Å². The number of nitrogens with two attached hydrogens (primary N) is 1. The summed E-state index contributed by atoms with van der Waals surface area (Å²) >= 11 is 0. The number of hydrogen-bond donors (Lipinski definition) is 3. The molecule has 0 radical (unpaired) electrons. The normalized spacial score (nSPS) is 22.6. The van der Waals surface area contributed by atoms with Gasteiger partial charge in [-0.05, 0) is 42.0 Å². The Morgan fingerprint density at radius 1 is 1.10 bits per heavy atom. The van der Waals surface area contributed by atoms with Crippen molar-refractivity contribution < 1.29 is 32.5 Å². The van der Waals surface area contributed by atoms with E-state index in [0.717, 1.165) is 17.5 Å². The van der Waals surface area contributed by atoms with E-state index in [0.29, 0.717) is 13.2 Å². The minimum absolute atomic E-state index is 0.00438. The maximum atomic E-state index is 13.6. The Labute approximate surface area is 230 Å². The van der Waals surface area contributed by atoms with Crippen molar-refractivity contribution >= 4 is 16.1 Å². The molecule has 39 heavy (non-hydrogen) atoms. The molecular weight excluding hydrogens is 522 g/mol. The summed E-state index contributed by atoms with van der Waals surface area (Å²) in [5, 5.41) is 14.2. The maximum absolute atomic E-state index is 13.6. The van der Waals surface area contributed by atoms with Crippen LogP contribution >= 0.6 is 0 Å². The van der Waals surface area contributed by atoms with Crippen LogP contribution in [-0.4, -0.2) is 74.8 Å². The van der Waals surface area contributed by atoms with Crippen molar-refractivity contribution in [3.05, 3.63) is 65.7 Å². The molecule has 1 amide bonds. The van der Waals surface area contributed by atoms with Gasteiger partial charge < -0.3 is 30.4 Å². The van der Waals surface area contributed by atoms with Gasteiger partial charge in [0.2, 0.25) is 10.0 Å². The van der Waals surface area contributed by atoms with Crippen molar-refractivity contribution in [3.8, 4) is 0 Å². The fraction of sp³-hybridized carbons (Fsp3) is 0.536. The van der Waals surface area contributed by atoms with E-state index in [1.807, 2.05) is 44.2 Å². The van der Waals surface area contributed by atoms with Crippen LogP contribution in [0.1, 0.15) is 31.4 Å². The number of aliphatic hydroxyl groups excluding tert-OH is 1. The van der Waals surface area contributed by atoms with Crippen LogP contribution in [0, 0.1) is 11.8 Å². The van der Waals surface area contributed by atoms with E-state index in [4.69, 9.17) is 19.9 Å². The van der Waals surface area contributed by atoms with Crippen LogP contribution in [0.15, 0.2) is 59.5 Å². The Morgan fingerprint density at radius 2 is 1.82 bits per heavy atom. The van der Waals surface area contributed by atoms with Crippen LogP contribution in [0.5, 0.6) is 0 Å². The van der Waals surface area contributed by atoms with Crippen LogP contribution < -0.4 is 11.1 Å². The van der Waals surface area contributed by atoms with Gasteiger partial charge in [0, 0.05) is 19.6 Å². The van der Waals surface area contributed by atoms with Gasteiger partial charge >= 0.3 is 6.09 Å². The van der Waals surface area contributed by atoms with Crippen LogP contribution in [0.25, 0.3) is 0 Å². The number of sulfonamides is 1. The summed E-state index contributed by atoms with van der Waals surface area (Å²) in [7, 11) is -3.92. The van der Waals surface area contributed by atoms with Crippen LogP contribution in [0.2, 0.25) is 0 Å². The lowest BCUT2D eigenvalue weighted by Crippen LogP contribution is -2.51. The smallest absolute Gasteiger partial charge is 0.407 e. The first kappa shape index (κ1) is 29.4. The Balaban J connectivity index is 1.51. The van der Waals surface area contributed by atoms with Gasteiger partial charge in [0.25, 0.3) is 0 Å².